The molecule has 1 heteroatoms. The van der Waals surface area contributed by atoms with Crippen LogP contribution in [-0.4, -0.2) is 10.2 Å². The summed E-state index contributed by atoms with van der Waals surface area (Å²) >= 11 is 0. The lowest BCUT2D eigenvalue weighted by atomic mass is 9.96. The van der Waals surface area contributed by atoms with Crippen molar-refractivity contribution in [3.63, 3.8) is 0 Å². The molecule has 0 N–H and O–H groups in total. The molecule has 0 aliphatic rings. The van der Waals surface area contributed by atoms with Crippen LogP contribution < -0.4 is 5.19 Å². The first kappa shape index (κ1) is 14.0. The van der Waals surface area contributed by atoms with E-state index in [1.165, 1.54) is 32.7 Å². The summed E-state index contributed by atoms with van der Waals surface area (Å²) in [6.07, 6.45) is 4.41. The van der Waals surface area contributed by atoms with Crippen LogP contribution in [0.4, 0.5) is 0 Å². The smallest absolute Gasteiger partial charge is 0.0622 e. The van der Waals surface area contributed by atoms with Gasteiger partial charge in [0.05, 0.1) is 10.2 Å². The molecular weight excluding hydrogens is 292 g/mol. The van der Waals surface area contributed by atoms with Gasteiger partial charge in [-0.25, -0.2) is 0 Å². The topological polar surface area (TPSA) is 0 Å². The summed E-state index contributed by atoms with van der Waals surface area (Å²) in [6, 6.07) is 27.5. The van der Waals surface area contributed by atoms with E-state index in [-0.39, 0.29) is 0 Å². The van der Waals surface area contributed by atoms with Crippen LogP contribution in [0.15, 0.2) is 78.9 Å². The summed E-state index contributed by atoms with van der Waals surface area (Å²) in [4.78, 5) is 0. The molecule has 0 aliphatic heterocycles. The molecule has 0 fully saturated rings. The molecule has 0 unspecified atom stereocenters. The molecular formula is C22H15Si. The highest BCUT2D eigenvalue weighted by atomic mass is 28.1. The van der Waals surface area contributed by atoms with Gasteiger partial charge in [0.25, 0.3) is 0 Å². The summed E-state index contributed by atoms with van der Waals surface area (Å²) in [5, 5.41) is 6.19. The van der Waals surface area contributed by atoms with E-state index >= 15 is 0 Å². The Morgan fingerprint density at radius 1 is 0.522 bits per heavy atom. The van der Waals surface area contributed by atoms with E-state index in [9.17, 15) is 0 Å². The second-order valence-electron chi connectivity index (χ2n) is 5.62. The molecule has 0 aromatic heterocycles. The SMILES string of the molecule is [Si]c1c2ccccc2c(C=Cc2ccccc2)c2ccccc12. The number of hydrogen-bond donors (Lipinski definition) is 0. The zero-order valence-electron chi connectivity index (χ0n) is 12.7. The average Bonchev–Trinajstić information content (AvgIpc) is 2.63. The maximum Gasteiger partial charge on any atom is 0.0729 e. The molecule has 0 amide bonds. The summed E-state index contributed by atoms with van der Waals surface area (Å²) in [7, 11) is 3.85. The van der Waals surface area contributed by atoms with E-state index < -0.39 is 0 Å². The van der Waals surface area contributed by atoms with Gasteiger partial charge in [0.2, 0.25) is 0 Å². The Kier molecular flexibility index (Phi) is 3.56. The van der Waals surface area contributed by atoms with Crippen LogP contribution in [0.1, 0.15) is 11.1 Å². The summed E-state index contributed by atoms with van der Waals surface area (Å²) < 4.78 is 0. The third-order valence-electron chi connectivity index (χ3n) is 4.22. The van der Waals surface area contributed by atoms with Gasteiger partial charge < -0.3 is 0 Å². The van der Waals surface area contributed by atoms with Crippen LogP contribution >= 0.6 is 0 Å². The standard InChI is InChI=1S/C22H15Si/c23-22-20-12-6-4-10-17(20)19(18-11-5-7-13-21(18)22)15-14-16-8-2-1-3-9-16/h1-15H. The number of benzene rings is 4. The molecule has 0 bridgehead atoms. The fourth-order valence-electron chi connectivity index (χ4n) is 3.09. The number of fused-ring (bicyclic) bond motifs is 2. The molecule has 4 aromatic carbocycles. The molecule has 0 saturated carbocycles. The average molecular weight is 307 g/mol. The van der Waals surface area contributed by atoms with Gasteiger partial charge in [0.15, 0.2) is 0 Å². The Balaban J connectivity index is 2.03. The van der Waals surface area contributed by atoms with Crippen LogP contribution in [0.2, 0.25) is 0 Å². The first-order valence-corrected chi connectivity index (χ1v) is 8.23. The fraction of sp³-hybridized carbons (Fsp3) is 0. The zero-order valence-corrected chi connectivity index (χ0v) is 13.7. The molecule has 0 saturated heterocycles. The maximum atomic E-state index is 3.85. The van der Waals surface area contributed by atoms with Gasteiger partial charge in [-0.1, -0.05) is 96.2 Å². The first-order valence-electron chi connectivity index (χ1n) is 7.73. The van der Waals surface area contributed by atoms with Crippen molar-refractivity contribution in [2.75, 3.05) is 0 Å². The van der Waals surface area contributed by atoms with Crippen molar-refractivity contribution in [1.29, 1.82) is 0 Å². The van der Waals surface area contributed by atoms with Gasteiger partial charge in [-0.15, -0.1) is 0 Å². The lowest BCUT2D eigenvalue weighted by Crippen LogP contribution is -2.07. The van der Waals surface area contributed by atoms with E-state index in [4.69, 9.17) is 0 Å². The zero-order chi connectivity index (χ0) is 15.6. The second kappa shape index (κ2) is 5.86. The van der Waals surface area contributed by atoms with Gasteiger partial charge in [-0.05, 0) is 32.7 Å². The third-order valence-corrected chi connectivity index (χ3v) is 4.75. The molecule has 0 heterocycles. The monoisotopic (exact) mass is 307 g/mol. The summed E-state index contributed by atoms with van der Waals surface area (Å²) in [5.41, 5.74) is 2.48. The van der Waals surface area contributed by atoms with Gasteiger partial charge >= 0.3 is 0 Å². The first-order chi connectivity index (χ1) is 11.3. The predicted molar refractivity (Wildman–Crippen MR) is 102 cm³/mol. The number of hydrogen-bond acceptors (Lipinski definition) is 0. The van der Waals surface area contributed by atoms with Crippen molar-refractivity contribution in [2.24, 2.45) is 0 Å². The summed E-state index contributed by atoms with van der Waals surface area (Å²) in [6.45, 7) is 0. The van der Waals surface area contributed by atoms with Crippen molar-refractivity contribution in [3.05, 3.63) is 90.0 Å². The van der Waals surface area contributed by atoms with Crippen LogP contribution in [0.3, 0.4) is 0 Å². The van der Waals surface area contributed by atoms with Gasteiger partial charge in [-0.3, -0.25) is 0 Å². The second-order valence-corrected chi connectivity index (χ2v) is 6.12. The van der Waals surface area contributed by atoms with Gasteiger partial charge in [0, 0.05) is 0 Å². The molecule has 0 spiro atoms. The Labute approximate surface area is 139 Å². The third kappa shape index (κ3) is 2.49. The Hall–Kier alpha value is -2.64. The van der Waals surface area contributed by atoms with Crippen molar-refractivity contribution in [2.45, 2.75) is 0 Å². The van der Waals surface area contributed by atoms with Crippen LogP contribution in [0.25, 0.3) is 33.7 Å². The largest absolute Gasteiger partial charge is 0.0729 e. The van der Waals surface area contributed by atoms with Crippen molar-refractivity contribution >= 4 is 49.1 Å². The fourth-order valence-corrected chi connectivity index (χ4v) is 3.52. The van der Waals surface area contributed by atoms with E-state index in [1.807, 2.05) is 6.07 Å². The number of rotatable bonds is 2. The normalized spacial score (nSPS) is 11.5. The molecule has 4 rings (SSSR count). The molecule has 107 valence electrons. The minimum Gasteiger partial charge on any atom is -0.0622 e. The molecule has 0 aliphatic carbocycles. The maximum absolute atomic E-state index is 3.85. The Morgan fingerprint density at radius 3 is 1.57 bits per heavy atom. The van der Waals surface area contributed by atoms with Crippen LogP contribution in [0.5, 0.6) is 0 Å². The lowest BCUT2D eigenvalue weighted by Gasteiger charge is -2.12. The highest BCUT2D eigenvalue weighted by Crippen LogP contribution is 2.28. The Bertz CT molecular complexity index is 957. The highest BCUT2D eigenvalue weighted by molar-refractivity contribution is 6.46. The van der Waals surface area contributed by atoms with E-state index in [0.717, 1.165) is 5.19 Å². The molecule has 0 atom stereocenters. The van der Waals surface area contributed by atoms with Crippen molar-refractivity contribution < 1.29 is 0 Å². The predicted octanol–water partition coefficient (Wildman–Crippen LogP) is 4.96. The van der Waals surface area contributed by atoms with E-state index in [0.29, 0.717) is 0 Å². The van der Waals surface area contributed by atoms with E-state index in [1.54, 1.807) is 0 Å². The van der Waals surface area contributed by atoms with Crippen LogP contribution in [-0.2, 0) is 0 Å². The van der Waals surface area contributed by atoms with Crippen LogP contribution in [0, 0.1) is 0 Å². The van der Waals surface area contributed by atoms with Gasteiger partial charge in [0.1, 0.15) is 0 Å². The van der Waals surface area contributed by atoms with Gasteiger partial charge in [-0.2, -0.15) is 0 Å². The lowest BCUT2D eigenvalue weighted by molar-refractivity contribution is 1.66. The minimum absolute atomic E-state index is 1.16. The molecule has 0 nitrogen and oxygen atoms in total. The molecule has 4 aromatic rings. The highest BCUT2D eigenvalue weighted by Gasteiger charge is 2.08. The van der Waals surface area contributed by atoms with Crippen molar-refractivity contribution in [1.82, 2.24) is 0 Å². The summed E-state index contributed by atoms with van der Waals surface area (Å²) in [5.74, 6) is 0. The quantitative estimate of drug-likeness (QED) is 0.279. The molecule has 3 radical (unpaired) electrons. The van der Waals surface area contributed by atoms with Crippen molar-refractivity contribution in [3.8, 4) is 0 Å². The van der Waals surface area contributed by atoms with E-state index in [2.05, 4.69) is 95.2 Å². The Morgan fingerprint density at radius 2 is 1.00 bits per heavy atom. The minimum atomic E-state index is 1.16. The molecule has 23 heavy (non-hydrogen) atoms.